The Morgan fingerprint density at radius 1 is 1.21 bits per heavy atom. The highest BCUT2D eigenvalue weighted by molar-refractivity contribution is 4.69. The van der Waals surface area contributed by atoms with Crippen LogP contribution in [0.4, 0.5) is 0 Å². The van der Waals surface area contributed by atoms with Crippen LogP contribution in [0, 0.1) is 5.92 Å². The summed E-state index contributed by atoms with van der Waals surface area (Å²) in [6.45, 7) is 9.83. The average Bonchev–Trinajstić information content (AvgIpc) is 2.16. The molecule has 0 heterocycles. The zero-order valence-electron chi connectivity index (χ0n) is 10.0. The first-order chi connectivity index (χ1) is 6.72. The van der Waals surface area contributed by atoms with Crippen molar-refractivity contribution < 1.29 is 9.47 Å². The monoisotopic (exact) mass is 203 g/mol. The van der Waals surface area contributed by atoms with Crippen LogP contribution in [0.3, 0.4) is 0 Å². The summed E-state index contributed by atoms with van der Waals surface area (Å²) in [5.41, 5.74) is 0. The van der Waals surface area contributed by atoms with Gasteiger partial charge in [-0.05, 0) is 19.3 Å². The summed E-state index contributed by atoms with van der Waals surface area (Å²) in [4.78, 5) is 0. The van der Waals surface area contributed by atoms with E-state index >= 15 is 0 Å². The molecule has 1 N–H and O–H groups in total. The molecule has 0 saturated carbocycles. The molecule has 14 heavy (non-hydrogen) atoms. The summed E-state index contributed by atoms with van der Waals surface area (Å²) in [5.74, 6) is 0.645. The predicted octanol–water partition coefficient (Wildman–Crippen LogP) is 1.67. The van der Waals surface area contributed by atoms with Gasteiger partial charge in [-0.15, -0.1) is 0 Å². The minimum atomic E-state index is 0.537. The molecule has 0 amide bonds. The summed E-state index contributed by atoms with van der Waals surface area (Å²) >= 11 is 0. The van der Waals surface area contributed by atoms with Gasteiger partial charge in [0.15, 0.2) is 0 Å². The molecule has 0 aromatic carbocycles. The van der Waals surface area contributed by atoms with Crippen molar-refractivity contribution in [3.63, 3.8) is 0 Å². The molecule has 0 rings (SSSR count). The lowest BCUT2D eigenvalue weighted by atomic mass is 10.0. The number of ether oxygens (including phenoxy) is 2. The Hall–Kier alpha value is -0.120. The second kappa shape index (κ2) is 9.44. The number of hydrogen-bond acceptors (Lipinski definition) is 3. The average molecular weight is 203 g/mol. The third-order valence-electron chi connectivity index (χ3n) is 2.29. The van der Waals surface area contributed by atoms with Crippen molar-refractivity contribution >= 4 is 0 Å². The van der Waals surface area contributed by atoms with Crippen molar-refractivity contribution in [3.8, 4) is 0 Å². The molecule has 0 aliphatic heterocycles. The third-order valence-corrected chi connectivity index (χ3v) is 2.29. The fourth-order valence-corrected chi connectivity index (χ4v) is 1.38. The lowest BCUT2D eigenvalue weighted by Gasteiger charge is -2.22. The first-order valence-electron chi connectivity index (χ1n) is 5.52. The number of rotatable bonds is 9. The van der Waals surface area contributed by atoms with Gasteiger partial charge in [0.05, 0.1) is 6.61 Å². The molecule has 1 unspecified atom stereocenters. The molecular formula is C11H25NO2. The van der Waals surface area contributed by atoms with Gasteiger partial charge in [0.25, 0.3) is 0 Å². The highest BCUT2D eigenvalue weighted by Crippen LogP contribution is 2.05. The highest BCUT2D eigenvalue weighted by Gasteiger charge is 2.11. The van der Waals surface area contributed by atoms with E-state index in [0.29, 0.717) is 12.0 Å². The summed E-state index contributed by atoms with van der Waals surface area (Å²) in [5, 5.41) is 3.48. The van der Waals surface area contributed by atoms with Gasteiger partial charge in [-0.1, -0.05) is 13.8 Å². The summed E-state index contributed by atoms with van der Waals surface area (Å²) in [7, 11) is 1.75. The zero-order valence-corrected chi connectivity index (χ0v) is 10.0. The topological polar surface area (TPSA) is 30.5 Å². The van der Waals surface area contributed by atoms with Gasteiger partial charge in [0, 0.05) is 32.9 Å². The molecule has 3 nitrogen and oxygen atoms in total. The van der Waals surface area contributed by atoms with Crippen LogP contribution in [0.1, 0.15) is 27.2 Å². The minimum absolute atomic E-state index is 0.537. The van der Waals surface area contributed by atoms with Gasteiger partial charge in [-0.25, -0.2) is 0 Å². The summed E-state index contributed by atoms with van der Waals surface area (Å²) in [6.07, 6.45) is 1.07. The van der Waals surface area contributed by atoms with Crippen molar-refractivity contribution in [2.75, 3.05) is 33.5 Å². The molecule has 86 valence electrons. The molecule has 0 aliphatic carbocycles. The van der Waals surface area contributed by atoms with Crippen molar-refractivity contribution in [3.05, 3.63) is 0 Å². The van der Waals surface area contributed by atoms with Gasteiger partial charge in [0.1, 0.15) is 0 Å². The summed E-state index contributed by atoms with van der Waals surface area (Å²) in [6, 6.07) is 0.537. The van der Waals surface area contributed by atoms with Gasteiger partial charge in [0.2, 0.25) is 0 Å². The van der Waals surface area contributed by atoms with Crippen LogP contribution >= 0.6 is 0 Å². The van der Waals surface area contributed by atoms with E-state index in [9.17, 15) is 0 Å². The second-order valence-corrected chi connectivity index (χ2v) is 3.78. The van der Waals surface area contributed by atoms with E-state index in [1.807, 2.05) is 6.92 Å². The Kier molecular flexibility index (Phi) is 9.35. The maximum absolute atomic E-state index is 5.27. The normalized spacial score (nSPS) is 13.5. The Balaban J connectivity index is 3.52. The fourth-order valence-electron chi connectivity index (χ4n) is 1.38. The van der Waals surface area contributed by atoms with Crippen LogP contribution < -0.4 is 5.32 Å². The lowest BCUT2D eigenvalue weighted by Crippen LogP contribution is -2.37. The molecule has 0 radical (unpaired) electrons. The van der Waals surface area contributed by atoms with Crippen LogP contribution in [0.25, 0.3) is 0 Å². The van der Waals surface area contributed by atoms with Crippen LogP contribution in [0.2, 0.25) is 0 Å². The number of hydrogen-bond donors (Lipinski definition) is 1. The first kappa shape index (κ1) is 13.9. The molecular weight excluding hydrogens is 178 g/mol. The Morgan fingerprint density at radius 2 is 1.93 bits per heavy atom. The quantitative estimate of drug-likeness (QED) is 0.578. The zero-order chi connectivity index (χ0) is 10.8. The SMILES string of the molecule is CCOCCNC(CCOC)C(C)C. The summed E-state index contributed by atoms with van der Waals surface area (Å²) < 4.78 is 10.4. The maximum atomic E-state index is 5.27. The molecule has 0 spiro atoms. The minimum Gasteiger partial charge on any atom is -0.385 e. The van der Waals surface area contributed by atoms with Crippen LogP contribution in [-0.4, -0.2) is 39.5 Å². The molecule has 0 saturated heterocycles. The van der Waals surface area contributed by atoms with Crippen molar-refractivity contribution in [1.82, 2.24) is 5.32 Å². The van der Waals surface area contributed by atoms with E-state index in [1.165, 1.54) is 0 Å². The van der Waals surface area contributed by atoms with Gasteiger partial charge in [-0.3, -0.25) is 0 Å². The highest BCUT2D eigenvalue weighted by atomic mass is 16.5. The molecule has 0 aromatic heterocycles. The first-order valence-corrected chi connectivity index (χ1v) is 5.52. The molecule has 1 atom stereocenters. The smallest absolute Gasteiger partial charge is 0.0590 e. The van der Waals surface area contributed by atoms with E-state index in [4.69, 9.17) is 9.47 Å². The Bertz CT molecular complexity index is 118. The van der Waals surface area contributed by atoms with Crippen LogP contribution in [0.5, 0.6) is 0 Å². The van der Waals surface area contributed by atoms with Gasteiger partial charge >= 0.3 is 0 Å². The van der Waals surface area contributed by atoms with E-state index in [1.54, 1.807) is 7.11 Å². The number of methoxy groups -OCH3 is 1. The largest absolute Gasteiger partial charge is 0.385 e. The van der Waals surface area contributed by atoms with Gasteiger partial charge in [-0.2, -0.15) is 0 Å². The second-order valence-electron chi connectivity index (χ2n) is 3.78. The molecule has 0 aromatic rings. The number of nitrogens with one attached hydrogen (secondary N) is 1. The van der Waals surface area contributed by atoms with Gasteiger partial charge < -0.3 is 14.8 Å². The van der Waals surface area contributed by atoms with E-state index in [2.05, 4.69) is 19.2 Å². The van der Waals surface area contributed by atoms with Crippen molar-refractivity contribution in [2.24, 2.45) is 5.92 Å². The Morgan fingerprint density at radius 3 is 2.43 bits per heavy atom. The third kappa shape index (κ3) is 7.30. The molecule has 0 aliphatic rings. The van der Waals surface area contributed by atoms with E-state index < -0.39 is 0 Å². The van der Waals surface area contributed by atoms with Crippen LogP contribution in [-0.2, 0) is 9.47 Å². The van der Waals surface area contributed by atoms with E-state index in [0.717, 1.165) is 32.8 Å². The van der Waals surface area contributed by atoms with Crippen LogP contribution in [0.15, 0.2) is 0 Å². The lowest BCUT2D eigenvalue weighted by molar-refractivity contribution is 0.137. The van der Waals surface area contributed by atoms with Crippen molar-refractivity contribution in [1.29, 1.82) is 0 Å². The molecule has 0 bridgehead atoms. The van der Waals surface area contributed by atoms with Crippen molar-refractivity contribution in [2.45, 2.75) is 33.2 Å². The standard InChI is InChI=1S/C11H25NO2/c1-5-14-9-7-12-11(10(2)3)6-8-13-4/h10-12H,5-9H2,1-4H3. The molecule has 3 heteroatoms. The fraction of sp³-hybridized carbons (Fsp3) is 1.00. The van der Waals surface area contributed by atoms with E-state index in [-0.39, 0.29) is 0 Å². The molecule has 0 fully saturated rings. The predicted molar refractivity (Wildman–Crippen MR) is 59.6 cm³/mol. The maximum Gasteiger partial charge on any atom is 0.0590 e. The Labute approximate surface area is 88.2 Å².